The van der Waals surface area contributed by atoms with Crippen LogP contribution in [0.5, 0.6) is 0 Å². The lowest BCUT2D eigenvalue weighted by molar-refractivity contribution is 0.522. The summed E-state index contributed by atoms with van der Waals surface area (Å²) in [5, 5.41) is 10.4. The summed E-state index contributed by atoms with van der Waals surface area (Å²) in [5.74, 6) is 0. The molecule has 0 aliphatic heterocycles. The zero-order valence-corrected chi connectivity index (χ0v) is 13.9. The van der Waals surface area contributed by atoms with Crippen LogP contribution in [0.1, 0.15) is 43.8 Å². The fraction of sp³-hybridized carbons (Fsp3) is 0.562. The first-order valence-electron chi connectivity index (χ1n) is 7.15. The van der Waals surface area contributed by atoms with Crippen molar-refractivity contribution in [2.24, 2.45) is 7.05 Å². The first-order chi connectivity index (χ1) is 9.36. The average Bonchev–Trinajstić information content (AvgIpc) is 2.95. The van der Waals surface area contributed by atoms with Crippen molar-refractivity contribution in [2.75, 3.05) is 0 Å². The van der Waals surface area contributed by atoms with Gasteiger partial charge < -0.3 is 5.32 Å². The molecule has 0 aliphatic carbocycles. The number of nitrogens with one attached hydrogen (secondary N) is 1. The quantitative estimate of drug-likeness (QED) is 0.913. The molecule has 0 aromatic carbocycles. The third-order valence-electron chi connectivity index (χ3n) is 3.34. The molecule has 0 saturated heterocycles. The van der Waals surface area contributed by atoms with Gasteiger partial charge in [0, 0.05) is 41.7 Å². The van der Waals surface area contributed by atoms with Crippen LogP contribution in [0.25, 0.3) is 0 Å². The van der Waals surface area contributed by atoms with E-state index in [0.29, 0.717) is 6.04 Å². The van der Waals surface area contributed by atoms with Crippen molar-refractivity contribution in [3.63, 3.8) is 0 Å². The van der Waals surface area contributed by atoms with Gasteiger partial charge in [-0.15, -0.1) is 11.3 Å². The van der Waals surface area contributed by atoms with E-state index in [4.69, 9.17) is 0 Å². The Balaban J connectivity index is 1.97. The van der Waals surface area contributed by atoms with Crippen LogP contribution < -0.4 is 5.32 Å². The van der Waals surface area contributed by atoms with E-state index < -0.39 is 0 Å². The highest BCUT2D eigenvalue weighted by molar-refractivity contribution is 7.09. The average molecular weight is 291 g/mol. The van der Waals surface area contributed by atoms with E-state index in [0.717, 1.165) is 13.0 Å². The standard InChI is InChI=1S/C16H25N3S/c1-12(9-14-7-6-8-20-14)17-10-13-11-19(5)18-15(13)16(2,3)4/h6-8,11-12,17H,9-10H2,1-5H3. The van der Waals surface area contributed by atoms with Crippen molar-refractivity contribution in [3.8, 4) is 0 Å². The van der Waals surface area contributed by atoms with E-state index >= 15 is 0 Å². The van der Waals surface area contributed by atoms with Crippen LogP contribution in [0.15, 0.2) is 23.7 Å². The van der Waals surface area contributed by atoms with E-state index in [1.807, 2.05) is 23.1 Å². The van der Waals surface area contributed by atoms with Crippen LogP contribution in [0, 0.1) is 0 Å². The molecular formula is C16H25N3S. The molecule has 0 fully saturated rings. The predicted molar refractivity (Wildman–Crippen MR) is 86.2 cm³/mol. The summed E-state index contributed by atoms with van der Waals surface area (Å²) in [6, 6.07) is 4.79. The van der Waals surface area contributed by atoms with Gasteiger partial charge in [0.2, 0.25) is 0 Å². The van der Waals surface area contributed by atoms with Crippen LogP contribution in [-0.2, 0) is 25.4 Å². The maximum absolute atomic E-state index is 4.61. The molecule has 1 N–H and O–H groups in total. The number of hydrogen-bond donors (Lipinski definition) is 1. The molecule has 0 bridgehead atoms. The van der Waals surface area contributed by atoms with Crippen LogP contribution in [0.3, 0.4) is 0 Å². The fourth-order valence-electron chi connectivity index (χ4n) is 2.39. The van der Waals surface area contributed by atoms with Gasteiger partial charge in [-0.25, -0.2) is 0 Å². The van der Waals surface area contributed by atoms with Crippen molar-refractivity contribution in [1.29, 1.82) is 0 Å². The third-order valence-corrected chi connectivity index (χ3v) is 4.24. The monoisotopic (exact) mass is 291 g/mol. The minimum Gasteiger partial charge on any atom is -0.310 e. The molecule has 2 rings (SSSR count). The maximum atomic E-state index is 4.61. The Morgan fingerprint density at radius 2 is 2.15 bits per heavy atom. The SMILES string of the molecule is CC(Cc1cccs1)NCc1cn(C)nc1C(C)(C)C. The van der Waals surface area contributed by atoms with Crippen LogP contribution in [0.2, 0.25) is 0 Å². The van der Waals surface area contributed by atoms with E-state index in [1.54, 1.807) is 0 Å². The second-order valence-corrected chi connectivity index (χ2v) is 7.52. The molecule has 0 aliphatic rings. The Labute approximate surface area is 126 Å². The van der Waals surface area contributed by atoms with Gasteiger partial charge in [-0.3, -0.25) is 4.68 Å². The summed E-state index contributed by atoms with van der Waals surface area (Å²) >= 11 is 1.83. The first-order valence-corrected chi connectivity index (χ1v) is 8.03. The van der Waals surface area contributed by atoms with Crippen LogP contribution in [0.4, 0.5) is 0 Å². The summed E-state index contributed by atoms with van der Waals surface area (Å²) < 4.78 is 1.92. The van der Waals surface area contributed by atoms with Gasteiger partial charge in [0.15, 0.2) is 0 Å². The molecule has 1 unspecified atom stereocenters. The summed E-state index contributed by atoms with van der Waals surface area (Å²) in [6.45, 7) is 9.77. The highest BCUT2D eigenvalue weighted by Crippen LogP contribution is 2.24. The Kier molecular flexibility index (Phi) is 4.66. The minimum absolute atomic E-state index is 0.0925. The fourth-order valence-corrected chi connectivity index (χ4v) is 3.22. The molecule has 4 heteroatoms. The summed E-state index contributed by atoms with van der Waals surface area (Å²) in [7, 11) is 1.99. The lowest BCUT2D eigenvalue weighted by Crippen LogP contribution is -2.28. The minimum atomic E-state index is 0.0925. The van der Waals surface area contributed by atoms with Crippen molar-refractivity contribution in [1.82, 2.24) is 15.1 Å². The molecule has 20 heavy (non-hydrogen) atoms. The molecule has 1 atom stereocenters. The lowest BCUT2D eigenvalue weighted by Gasteiger charge is -2.19. The van der Waals surface area contributed by atoms with Crippen LogP contribution in [-0.4, -0.2) is 15.8 Å². The highest BCUT2D eigenvalue weighted by atomic mass is 32.1. The zero-order chi connectivity index (χ0) is 14.8. The third kappa shape index (κ3) is 3.93. The molecule has 0 spiro atoms. The van der Waals surface area contributed by atoms with Gasteiger partial charge in [-0.1, -0.05) is 26.8 Å². The predicted octanol–water partition coefficient (Wildman–Crippen LogP) is 3.50. The Hall–Kier alpha value is -1.13. The van der Waals surface area contributed by atoms with Gasteiger partial charge in [0.1, 0.15) is 0 Å². The molecule has 3 nitrogen and oxygen atoms in total. The van der Waals surface area contributed by atoms with E-state index in [2.05, 4.69) is 61.8 Å². The van der Waals surface area contributed by atoms with E-state index in [-0.39, 0.29) is 5.41 Å². The van der Waals surface area contributed by atoms with E-state index in [9.17, 15) is 0 Å². The Morgan fingerprint density at radius 3 is 2.75 bits per heavy atom. The van der Waals surface area contributed by atoms with Gasteiger partial charge >= 0.3 is 0 Å². The summed E-state index contributed by atoms with van der Waals surface area (Å²) in [4.78, 5) is 1.44. The lowest BCUT2D eigenvalue weighted by atomic mass is 9.89. The zero-order valence-electron chi connectivity index (χ0n) is 13.1. The van der Waals surface area contributed by atoms with Crippen molar-refractivity contribution < 1.29 is 0 Å². The van der Waals surface area contributed by atoms with Crippen molar-refractivity contribution >= 4 is 11.3 Å². The Morgan fingerprint density at radius 1 is 1.40 bits per heavy atom. The number of aryl methyl sites for hydroxylation is 1. The van der Waals surface area contributed by atoms with Gasteiger partial charge in [0.25, 0.3) is 0 Å². The van der Waals surface area contributed by atoms with Crippen LogP contribution >= 0.6 is 11.3 Å². The van der Waals surface area contributed by atoms with Crippen molar-refractivity contribution in [3.05, 3.63) is 39.8 Å². The molecular weight excluding hydrogens is 266 g/mol. The van der Waals surface area contributed by atoms with Gasteiger partial charge in [-0.05, 0) is 24.8 Å². The highest BCUT2D eigenvalue weighted by Gasteiger charge is 2.21. The van der Waals surface area contributed by atoms with Gasteiger partial charge in [-0.2, -0.15) is 5.10 Å². The molecule has 0 saturated carbocycles. The molecule has 2 aromatic rings. The smallest absolute Gasteiger partial charge is 0.0722 e. The largest absolute Gasteiger partial charge is 0.310 e. The number of rotatable bonds is 5. The molecule has 110 valence electrons. The Bertz CT molecular complexity index is 535. The van der Waals surface area contributed by atoms with Gasteiger partial charge in [0.05, 0.1) is 5.69 Å². The van der Waals surface area contributed by atoms with Crippen molar-refractivity contribution in [2.45, 2.75) is 52.1 Å². The normalized spacial score (nSPS) is 13.7. The summed E-state index contributed by atoms with van der Waals surface area (Å²) in [5.41, 5.74) is 2.59. The molecule has 0 amide bonds. The second kappa shape index (κ2) is 6.10. The molecule has 2 aromatic heterocycles. The molecule has 2 heterocycles. The van der Waals surface area contributed by atoms with E-state index in [1.165, 1.54) is 16.1 Å². The number of thiophene rings is 1. The molecule has 0 radical (unpaired) electrons. The number of aromatic nitrogens is 2. The second-order valence-electron chi connectivity index (χ2n) is 6.49. The number of hydrogen-bond acceptors (Lipinski definition) is 3. The summed E-state index contributed by atoms with van der Waals surface area (Å²) in [6.07, 6.45) is 3.22. The number of nitrogens with zero attached hydrogens (tertiary/aromatic N) is 2. The maximum Gasteiger partial charge on any atom is 0.0722 e. The first kappa shape index (κ1) is 15.3. The topological polar surface area (TPSA) is 29.9 Å².